The minimum absolute atomic E-state index is 0.0500. The molecule has 0 heterocycles. The van der Waals surface area contributed by atoms with E-state index < -0.39 is 17.7 Å². The molecule has 0 rings (SSSR count). The molecule has 2 N–H and O–H groups in total. The molecule has 0 unspecified atom stereocenters. The molecule has 1 amide bonds. The first-order valence-corrected chi connectivity index (χ1v) is 7.67. The maximum absolute atomic E-state index is 12.3. The van der Waals surface area contributed by atoms with E-state index in [4.69, 9.17) is 15.2 Å². The number of nitrogens with two attached hydrogens (primary N) is 1. The van der Waals surface area contributed by atoms with Crippen LogP contribution >= 0.6 is 0 Å². The minimum Gasteiger partial charge on any atom is -0.460 e. The third-order valence-electron chi connectivity index (χ3n) is 3.59. The molecule has 3 atom stereocenters. The lowest BCUT2D eigenvalue weighted by molar-refractivity contribution is -0.159. The molecule has 0 aromatic rings. The average Bonchev–Trinajstić information content (AvgIpc) is 2.39. The van der Waals surface area contributed by atoms with Crippen LogP contribution in [0.3, 0.4) is 0 Å². The Morgan fingerprint density at radius 2 is 1.68 bits per heavy atom. The Morgan fingerprint density at radius 1 is 1.18 bits per heavy atom. The second-order valence-corrected chi connectivity index (χ2v) is 7.02. The van der Waals surface area contributed by atoms with Gasteiger partial charge in [0.05, 0.1) is 24.6 Å². The van der Waals surface area contributed by atoms with Crippen molar-refractivity contribution in [3.63, 3.8) is 0 Å². The summed E-state index contributed by atoms with van der Waals surface area (Å²) in [5, 5.41) is 0. The van der Waals surface area contributed by atoms with Crippen molar-refractivity contribution in [1.82, 2.24) is 4.90 Å². The average molecular weight is 316 g/mol. The van der Waals surface area contributed by atoms with Crippen LogP contribution in [0.25, 0.3) is 0 Å². The van der Waals surface area contributed by atoms with E-state index in [0.29, 0.717) is 0 Å². The van der Waals surface area contributed by atoms with Crippen LogP contribution in [-0.2, 0) is 19.1 Å². The summed E-state index contributed by atoms with van der Waals surface area (Å²) in [5.41, 5.74) is 5.36. The maximum atomic E-state index is 12.3. The lowest BCUT2D eigenvalue weighted by Crippen LogP contribution is -2.52. The Morgan fingerprint density at radius 3 is 2.05 bits per heavy atom. The summed E-state index contributed by atoms with van der Waals surface area (Å²) >= 11 is 0. The molecule has 0 aliphatic carbocycles. The first-order chi connectivity index (χ1) is 9.90. The van der Waals surface area contributed by atoms with Crippen LogP contribution < -0.4 is 5.73 Å². The number of hydrogen-bond acceptors (Lipinski definition) is 5. The molecular formula is C16H32N2O4. The van der Waals surface area contributed by atoms with Gasteiger partial charge in [-0.2, -0.15) is 0 Å². The molecule has 0 aromatic heterocycles. The molecule has 0 radical (unpaired) electrons. The van der Waals surface area contributed by atoms with Gasteiger partial charge in [-0.3, -0.25) is 9.59 Å². The summed E-state index contributed by atoms with van der Waals surface area (Å²) in [4.78, 5) is 25.8. The lowest BCUT2D eigenvalue weighted by atomic mass is 10.0. The number of hydrogen-bond donors (Lipinski definition) is 1. The third-order valence-corrected chi connectivity index (χ3v) is 3.59. The minimum atomic E-state index is -0.563. The summed E-state index contributed by atoms with van der Waals surface area (Å²) in [7, 11) is 3.20. The Kier molecular flexibility index (Phi) is 8.04. The van der Waals surface area contributed by atoms with Crippen molar-refractivity contribution < 1.29 is 19.1 Å². The summed E-state index contributed by atoms with van der Waals surface area (Å²) in [6.07, 6.45) is -0.355. The second-order valence-electron chi connectivity index (χ2n) is 7.02. The number of carbonyl (C=O) groups is 2. The number of ether oxygens (including phenoxy) is 2. The van der Waals surface area contributed by atoms with E-state index in [0.717, 1.165) is 0 Å². The van der Waals surface area contributed by atoms with Crippen LogP contribution in [0.5, 0.6) is 0 Å². The maximum Gasteiger partial charge on any atom is 0.309 e. The zero-order chi connectivity index (χ0) is 17.7. The standard InChI is InChI=1S/C16H32N2O4/c1-10(2)14(17)15(20)18(7)11(3)12(21-8)9-13(19)22-16(4,5)6/h10-12,14H,9,17H2,1-8H3/t11-,12+,14-/m0/s1. The van der Waals surface area contributed by atoms with Crippen LogP contribution in [-0.4, -0.2) is 54.7 Å². The molecule has 6 nitrogen and oxygen atoms in total. The highest BCUT2D eigenvalue weighted by molar-refractivity contribution is 5.82. The van der Waals surface area contributed by atoms with Crippen molar-refractivity contribution in [2.24, 2.45) is 11.7 Å². The monoisotopic (exact) mass is 316 g/mol. The molecule has 130 valence electrons. The molecule has 22 heavy (non-hydrogen) atoms. The van der Waals surface area contributed by atoms with Gasteiger partial charge in [-0.25, -0.2) is 0 Å². The van der Waals surface area contributed by atoms with Gasteiger partial charge in [0.15, 0.2) is 0 Å². The number of esters is 1. The summed E-state index contributed by atoms with van der Waals surface area (Å²) in [5.74, 6) is -0.456. The molecule has 0 bridgehead atoms. The molecule has 0 saturated heterocycles. The number of methoxy groups -OCH3 is 1. The summed E-state index contributed by atoms with van der Waals surface area (Å²) < 4.78 is 10.7. The molecule has 0 saturated carbocycles. The zero-order valence-electron chi connectivity index (χ0n) is 15.2. The Bertz CT molecular complexity index is 377. The summed E-state index contributed by atoms with van der Waals surface area (Å²) in [6.45, 7) is 11.1. The largest absolute Gasteiger partial charge is 0.460 e. The fourth-order valence-corrected chi connectivity index (χ4v) is 1.97. The third kappa shape index (κ3) is 6.75. The fraction of sp³-hybridized carbons (Fsp3) is 0.875. The van der Waals surface area contributed by atoms with Gasteiger partial charge in [0.25, 0.3) is 0 Å². The van der Waals surface area contributed by atoms with Crippen LogP contribution in [0.4, 0.5) is 0 Å². The van der Waals surface area contributed by atoms with Gasteiger partial charge in [-0.05, 0) is 33.6 Å². The van der Waals surface area contributed by atoms with Crippen molar-refractivity contribution in [3.05, 3.63) is 0 Å². The van der Waals surface area contributed by atoms with Gasteiger partial charge in [-0.15, -0.1) is 0 Å². The van der Waals surface area contributed by atoms with Crippen LogP contribution in [0.1, 0.15) is 48.0 Å². The van der Waals surface area contributed by atoms with E-state index in [-0.39, 0.29) is 30.3 Å². The van der Waals surface area contributed by atoms with E-state index in [1.54, 1.807) is 11.9 Å². The predicted octanol–water partition coefficient (Wildman–Crippen LogP) is 1.56. The number of carbonyl (C=O) groups excluding carboxylic acids is 2. The number of likely N-dealkylation sites (N-methyl/N-ethyl adjacent to an activating group) is 1. The fourth-order valence-electron chi connectivity index (χ4n) is 1.97. The highest BCUT2D eigenvalue weighted by atomic mass is 16.6. The van der Waals surface area contributed by atoms with E-state index in [1.165, 1.54) is 7.11 Å². The first-order valence-electron chi connectivity index (χ1n) is 7.67. The van der Waals surface area contributed by atoms with E-state index >= 15 is 0 Å². The van der Waals surface area contributed by atoms with E-state index in [9.17, 15) is 9.59 Å². The van der Waals surface area contributed by atoms with Gasteiger partial charge in [-0.1, -0.05) is 13.8 Å². The Hall–Kier alpha value is -1.14. The molecule has 0 aliphatic rings. The number of rotatable bonds is 7. The molecule has 6 heteroatoms. The van der Waals surface area contributed by atoms with Gasteiger partial charge in [0.1, 0.15) is 5.60 Å². The highest BCUT2D eigenvalue weighted by Gasteiger charge is 2.31. The van der Waals surface area contributed by atoms with Crippen molar-refractivity contribution in [2.45, 2.75) is 71.8 Å². The Labute approximate surface area is 134 Å². The molecule has 0 spiro atoms. The zero-order valence-corrected chi connectivity index (χ0v) is 15.2. The quantitative estimate of drug-likeness (QED) is 0.721. The van der Waals surface area contributed by atoms with Crippen LogP contribution in [0, 0.1) is 5.92 Å². The molecule has 0 aromatic carbocycles. The highest BCUT2D eigenvalue weighted by Crippen LogP contribution is 2.16. The topological polar surface area (TPSA) is 81.9 Å². The van der Waals surface area contributed by atoms with Crippen molar-refractivity contribution in [3.8, 4) is 0 Å². The number of nitrogens with zero attached hydrogens (tertiary/aromatic N) is 1. The lowest BCUT2D eigenvalue weighted by Gasteiger charge is -2.33. The van der Waals surface area contributed by atoms with Gasteiger partial charge >= 0.3 is 5.97 Å². The van der Waals surface area contributed by atoms with Gasteiger partial charge < -0.3 is 20.1 Å². The van der Waals surface area contributed by atoms with Crippen molar-refractivity contribution in [2.75, 3.05) is 14.2 Å². The number of amides is 1. The molecule has 0 fully saturated rings. The van der Waals surface area contributed by atoms with Gasteiger partial charge in [0, 0.05) is 14.2 Å². The summed E-state index contributed by atoms with van der Waals surface area (Å²) in [6, 6.07) is -0.846. The predicted molar refractivity (Wildman–Crippen MR) is 86.3 cm³/mol. The van der Waals surface area contributed by atoms with Crippen LogP contribution in [0.15, 0.2) is 0 Å². The van der Waals surface area contributed by atoms with Crippen LogP contribution in [0.2, 0.25) is 0 Å². The first kappa shape index (κ1) is 20.9. The van der Waals surface area contributed by atoms with Gasteiger partial charge in [0.2, 0.25) is 5.91 Å². The molecule has 0 aliphatic heterocycles. The SMILES string of the molecule is CO[C@H](CC(=O)OC(C)(C)C)[C@H](C)N(C)C(=O)[C@@H](N)C(C)C. The second kappa shape index (κ2) is 8.48. The van der Waals surface area contributed by atoms with Crippen molar-refractivity contribution in [1.29, 1.82) is 0 Å². The van der Waals surface area contributed by atoms with E-state index in [2.05, 4.69) is 0 Å². The van der Waals surface area contributed by atoms with E-state index in [1.807, 2.05) is 41.5 Å². The van der Waals surface area contributed by atoms with Crippen molar-refractivity contribution >= 4 is 11.9 Å². The normalized spacial score (nSPS) is 16.1. The Balaban J connectivity index is 4.80. The smallest absolute Gasteiger partial charge is 0.309 e. The molecular weight excluding hydrogens is 284 g/mol.